The summed E-state index contributed by atoms with van der Waals surface area (Å²) in [5.74, 6) is -0.433. The van der Waals surface area contributed by atoms with Crippen LogP contribution < -0.4 is 10.0 Å². The fourth-order valence-electron chi connectivity index (χ4n) is 3.44. The van der Waals surface area contributed by atoms with Crippen molar-refractivity contribution in [3.05, 3.63) is 52.7 Å². The number of sulfonamides is 1. The highest BCUT2D eigenvalue weighted by Crippen LogP contribution is 2.18. The van der Waals surface area contributed by atoms with Crippen LogP contribution >= 0.6 is 11.3 Å². The number of carbonyl (C=O) groups excluding carboxylic acids is 2. The highest BCUT2D eigenvalue weighted by Gasteiger charge is 2.32. The van der Waals surface area contributed by atoms with Crippen LogP contribution in [0.25, 0.3) is 0 Å². The van der Waals surface area contributed by atoms with Gasteiger partial charge in [0.05, 0.1) is 9.77 Å². The summed E-state index contributed by atoms with van der Waals surface area (Å²) in [5.41, 5.74) is 0. The first kappa shape index (κ1) is 22.5. The summed E-state index contributed by atoms with van der Waals surface area (Å²) in [6.07, 6.45) is 1.06. The van der Waals surface area contributed by atoms with Crippen molar-refractivity contribution in [2.24, 2.45) is 5.92 Å². The van der Waals surface area contributed by atoms with Crippen molar-refractivity contribution < 1.29 is 18.0 Å². The van der Waals surface area contributed by atoms with E-state index in [9.17, 15) is 18.0 Å². The van der Waals surface area contributed by atoms with Crippen LogP contribution in [0.4, 0.5) is 0 Å². The van der Waals surface area contributed by atoms with Crippen molar-refractivity contribution in [3.63, 3.8) is 0 Å². The minimum atomic E-state index is -3.58. The molecule has 2 amide bonds. The van der Waals surface area contributed by atoms with Crippen LogP contribution in [-0.4, -0.2) is 50.3 Å². The zero-order chi connectivity index (χ0) is 21.7. The standard InChI is InChI=1S/C21H27N3O4S2/c1-15(2)19(22-20(25)18-9-6-14-29-18)21(26)24-12-10-16(11-13-24)23-30(27,28)17-7-4-3-5-8-17/h3-9,14-16,19,23H,10-13H2,1-2H3,(H,22,25). The molecule has 0 aliphatic carbocycles. The van der Waals surface area contributed by atoms with Crippen molar-refractivity contribution in [2.75, 3.05) is 13.1 Å². The number of nitrogens with zero attached hydrogens (tertiary/aromatic N) is 1. The molecule has 30 heavy (non-hydrogen) atoms. The van der Waals surface area contributed by atoms with E-state index in [-0.39, 0.29) is 28.7 Å². The number of rotatable bonds is 7. The van der Waals surface area contributed by atoms with Gasteiger partial charge in [-0.05, 0) is 42.3 Å². The quantitative estimate of drug-likeness (QED) is 0.679. The van der Waals surface area contributed by atoms with E-state index in [1.54, 1.807) is 47.4 Å². The Morgan fingerprint density at radius 1 is 1.07 bits per heavy atom. The summed E-state index contributed by atoms with van der Waals surface area (Å²) in [5, 5.41) is 4.68. The molecule has 1 aromatic heterocycles. The zero-order valence-corrected chi connectivity index (χ0v) is 18.7. The second-order valence-corrected chi connectivity index (χ2v) is 10.4. The largest absolute Gasteiger partial charge is 0.341 e. The molecule has 0 bridgehead atoms. The average molecular weight is 450 g/mol. The Morgan fingerprint density at radius 2 is 1.73 bits per heavy atom. The molecule has 1 atom stereocenters. The fraction of sp³-hybridized carbons (Fsp3) is 0.429. The third-order valence-electron chi connectivity index (χ3n) is 5.15. The van der Waals surface area contributed by atoms with Gasteiger partial charge in [-0.3, -0.25) is 9.59 Å². The van der Waals surface area contributed by atoms with Gasteiger partial charge < -0.3 is 10.2 Å². The molecular weight excluding hydrogens is 422 g/mol. The number of thiophene rings is 1. The van der Waals surface area contributed by atoms with E-state index in [0.717, 1.165) is 0 Å². The molecule has 1 unspecified atom stereocenters. The lowest BCUT2D eigenvalue weighted by molar-refractivity contribution is -0.135. The zero-order valence-electron chi connectivity index (χ0n) is 17.1. The maximum absolute atomic E-state index is 13.0. The molecule has 3 rings (SSSR count). The Morgan fingerprint density at radius 3 is 2.30 bits per heavy atom. The number of carbonyl (C=O) groups is 2. The lowest BCUT2D eigenvalue weighted by Crippen LogP contribution is -2.54. The molecule has 9 heteroatoms. The van der Waals surface area contributed by atoms with Crippen molar-refractivity contribution >= 4 is 33.2 Å². The predicted octanol–water partition coefficient (Wildman–Crippen LogP) is 2.47. The van der Waals surface area contributed by atoms with Gasteiger partial charge in [-0.25, -0.2) is 13.1 Å². The molecule has 0 spiro atoms. The van der Waals surface area contributed by atoms with E-state index in [2.05, 4.69) is 10.0 Å². The SMILES string of the molecule is CC(C)C(NC(=O)c1cccs1)C(=O)N1CCC(NS(=O)(=O)c2ccccc2)CC1. The number of likely N-dealkylation sites (tertiary alicyclic amines) is 1. The van der Waals surface area contributed by atoms with E-state index in [4.69, 9.17) is 0 Å². The van der Waals surface area contributed by atoms with E-state index in [1.165, 1.54) is 11.3 Å². The van der Waals surface area contributed by atoms with Crippen LogP contribution in [0, 0.1) is 5.92 Å². The minimum Gasteiger partial charge on any atom is -0.341 e. The normalized spacial score (nSPS) is 16.4. The van der Waals surface area contributed by atoms with E-state index >= 15 is 0 Å². The molecule has 1 aliphatic heterocycles. The highest BCUT2D eigenvalue weighted by atomic mass is 32.2. The van der Waals surface area contributed by atoms with Gasteiger partial charge >= 0.3 is 0 Å². The predicted molar refractivity (Wildman–Crippen MR) is 117 cm³/mol. The molecule has 0 saturated carbocycles. The monoisotopic (exact) mass is 449 g/mol. The van der Waals surface area contributed by atoms with Gasteiger partial charge in [0.2, 0.25) is 15.9 Å². The van der Waals surface area contributed by atoms with Crippen molar-refractivity contribution in [1.29, 1.82) is 0 Å². The number of amides is 2. The van der Waals surface area contributed by atoms with Crippen molar-refractivity contribution in [3.8, 4) is 0 Å². The van der Waals surface area contributed by atoms with E-state index in [0.29, 0.717) is 30.8 Å². The lowest BCUT2D eigenvalue weighted by atomic mass is 10.00. The molecule has 7 nitrogen and oxygen atoms in total. The Bertz CT molecular complexity index is 951. The Kier molecular flexibility index (Phi) is 7.27. The summed E-state index contributed by atoms with van der Waals surface area (Å²) >= 11 is 1.33. The molecule has 2 aromatic rings. The molecule has 162 valence electrons. The second kappa shape index (κ2) is 9.72. The van der Waals surface area contributed by atoms with Crippen LogP contribution in [-0.2, 0) is 14.8 Å². The summed E-state index contributed by atoms with van der Waals surface area (Å²) in [6, 6.07) is 11.0. The molecule has 1 fully saturated rings. The molecular formula is C21H27N3O4S2. The molecule has 1 aromatic carbocycles. The van der Waals surface area contributed by atoms with Gasteiger partial charge in [0.25, 0.3) is 5.91 Å². The summed E-state index contributed by atoms with van der Waals surface area (Å²) in [4.78, 5) is 28.0. The van der Waals surface area contributed by atoms with Crippen LogP contribution in [0.3, 0.4) is 0 Å². The number of benzene rings is 1. The highest BCUT2D eigenvalue weighted by molar-refractivity contribution is 7.89. The molecule has 0 radical (unpaired) electrons. The molecule has 1 aliphatic rings. The number of hydrogen-bond acceptors (Lipinski definition) is 5. The van der Waals surface area contributed by atoms with Crippen LogP contribution in [0.15, 0.2) is 52.7 Å². The number of hydrogen-bond donors (Lipinski definition) is 2. The van der Waals surface area contributed by atoms with Gasteiger partial charge in [0.15, 0.2) is 0 Å². The second-order valence-electron chi connectivity index (χ2n) is 7.71. The van der Waals surface area contributed by atoms with Gasteiger partial charge in [-0.2, -0.15) is 0 Å². The Balaban J connectivity index is 1.57. The minimum absolute atomic E-state index is 0.0595. The summed E-state index contributed by atoms with van der Waals surface area (Å²) in [7, 11) is -3.58. The fourth-order valence-corrected chi connectivity index (χ4v) is 5.39. The maximum atomic E-state index is 13.0. The van der Waals surface area contributed by atoms with Crippen LogP contribution in [0.1, 0.15) is 36.4 Å². The summed E-state index contributed by atoms with van der Waals surface area (Å²) in [6.45, 7) is 4.69. The first-order chi connectivity index (χ1) is 14.3. The lowest BCUT2D eigenvalue weighted by Gasteiger charge is -2.35. The average Bonchev–Trinajstić information content (AvgIpc) is 3.27. The Hall–Kier alpha value is -2.23. The van der Waals surface area contributed by atoms with Gasteiger partial charge in [0.1, 0.15) is 6.04 Å². The first-order valence-corrected chi connectivity index (χ1v) is 12.3. The third kappa shape index (κ3) is 5.47. The maximum Gasteiger partial charge on any atom is 0.262 e. The first-order valence-electron chi connectivity index (χ1n) is 9.98. The number of piperidine rings is 1. The van der Waals surface area contributed by atoms with Crippen molar-refractivity contribution in [2.45, 2.75) is 43.7 Å². The van der Waals surface area contributed by atoms with Gasteiger partial charge in [0, 0.05) is 19.1 Å². The van der Waals surface area contributed by atoms with Crippen LogP contribution in [0.5, 0.6) is 0 Å². The Labute approximate surface area is 181 Å². The summed E-state index contributed by atoms with van der Waals surface area (Å²) < 4.78 is 27.8. The molecule has 2 heterocycles. The van der Waals surface area contributed by atoms with Crippen molar-refractivity contribution in [1.82, 2.24) is 14.9 Å². The van der Waals surface area contributed by atoms with Gasteiger partial charge in [-0.15, -0.1) is 11.3 Å². The topological polar surface area (TPSA) is 95.6 Å². The van der Waals surface area contributed by atoms with E-state index in [1.807, 2.05) is 19.2 Å². The van der Waals surface area contributed by atoms with Crippen LogP contribution in [0.2, 0.25) is 0 Å². The van der Waals surface area contributed by atoms with E-state index < -0.39 is 16.1 Å². The van der Waals surface area contributed by atoms with Gasteiger partial charge in [-0.1, -0.05) is 38.1 Å². The number of nitrogens with one attached hydrogen (secondary N) is 2. The molecule has 2 N–H and O–H groups in total. The smallest absolute Gasteiger partial charge is 0.262 e. The molecule has 1 saturated heterocycles. The third-order valence-corrected chi connectivity index (χ3v) is 7.55.